The Bertz CT molecular complexity index is 3090. The van der Waals surface area contributed by atoms with Gasteiger partial charge < -0.3 is 9.13 Å². The van der Waals surface area contributed by atoms with Crippen molar-refractivity contribution in [1.82, 2.24) is 14.1 Å². The molecule has 7 aromatic carbocycles. The molecule has 0 radical (unpaired) electrons. The summed E-state index contributed by atoms with van der Waals surface area (Å²) in [5.41, 5.74) is 17.2. The van der Waals surface area contributed by atoms with Crippen molar-refractivity contribution in [3.05, 3.63) is 187 Å². The summed E-state index contributed by atoms with van der Waals surface area (Å²) in [4.78, 5) is 4.56. The van der Waals surface area contributed by atoms with Gasteiger partial charge in [0.1, 0.15) is 0 Å². The van der Waals surface area contributed by atoms with Gasteiger partial charge in [-0.3, -0.25) is 4.98 Å². The van der Waals surface area contributed by atoms with E-state index in [-0.39, 0.29) is 5.41 Å². The highest BCUT2D eigenvalue weighted by atomic mass is 15.0. The fourth-order valence-electron chi connectivity index (χ4n) is 9.04. The molecule has 3 aromatic heterocycles. The van der Waals surface area contributed by atoms with Crippen molar-refractivity contribution in [3.8, 4) is 44.8 Å². The first-order valence-electron chi connectivity index (χ1n) is 18.4. The number of rotatable bonds is 4. The number of aromatic nitrogens is 3. The van der Waals surface area contributed by atoms with Crippen LogP contribution >= 0.6 is 0 Å². The Balaban J connectivity index is 1.06. The van der Waals surface area contributed by atoms with Crippen LogP contribution in [0.1, 0.15) is 25.0 Å². The highest BCUT2D eigenvalue weighted by Crippen LogP contribution is 2.49. The Kier molecular flexibility index (Phi) is 6.30. The van der Waals surface area contributed by atoms with E-state index < -0.39 is 0 Å². The molecule has 3 nitrogen and oxygen atoms in total. The van der Waals surface area contributed by atoms with Gasteiger partial charge in [0.25, 0.3) is 0 Å². The van der Waals surface area contributed by atoms with Gasteiger partial charge in [-0.1, -0.05) is 117 Å². The van der Waals surface area contributed by atoms with Crippen LogP contribution < -0.4 is 0 Å². The summed E-state index contributed by atoms with van der Waals surface area (Å²) in [5, 5.41) is 4.93. The first-order valence-corrected chi connectivity index (χ1v) is 18.4. The third-order valence-corrected chi connectivity index (χ3v) is 11.6. The molecule has 0 fully saturated rings. The number of hydrogen-bond donors (Lipinski definition) is 0. The molecule has 0 amide bonds. The Labute approximate surface area is 308 Å². The molecule has 3 heteroatoms. The largest absolute Gasteiger partial charge is 0.309 e. The monoisotopic (exact) mass is 677 g/mol. The molecule has 0 aliphatic heterocycles. The van der Waals surface area contributed by atoms with E-state index in [1.165, 1.54) is 88.3 Å². The Morgan fingerprint density at radius 3 is 1.81 bits per heavy atom. The van der Waals surface area contributed by atoms with E-state index in [2.05, 4.69) is 192 Å². The lowest BCUT2D eigenvalue weighted by molar-refractivity contribution is 0.660. The second kappa shape index (κ2) is 11.1. The summed E-state index contributed by atoms with van der Waals surface area (Å²) >= 11 is 0. The van der Waals surface area contributed by atoms with E-state index in [1.807, 2.05) is 12.4 Å². The molecule has 250 valence electrons. The molecule has 3 heterocycles. The molecule has 0 spiro atoms. The minimum Gasteiger partial charge on any atom is -0.309 e. The molecule has 0 saturated carbocycles. The van der Waals surface area contributed by atoms with Gasteiger partial charge in [0.2, 0.25) is 0 Å². The quantitative estimate of drug-likeness (QED) is 0.182. The van der Waals surface area contributed by atoms with Crippen LogP contribution in [0.4, 0.5) is 0 Å². The molecule has 0 N–H and O–H groups in total. The highest BCUT2D eigenvalue weighted by molar-refractivity contribution is 6.12. The smallest absolute Gasteiger partial charge is 0.0724 e. The fourth-order valence-corrected chi connectivity index (χ4v) is 9.04. The van der Waals surface area contributed by atoms with Gasteiger partial charge in [0.05, 0.1) is 28.3 Å². The second-order valence-electron chi connectivity index (χ2n) is 14.9. The average molecular weight is 678 g/mol. The van der Waals surface area contributed by atoms with Crippen LogP contribution in [0.2, 0.25) is 0 Å². The minimum absolute atomic E-state index is 0.0591. The third kappa shape index (κ3) is 4.37. The molecule has 0 atom stereocenters. The SMILES string of the molecule is CC1(C)c2ccccc2-c2ccc(-n3c4ccccc4c4cc(-c5ccc6c(c5)c5ccncc5n6-c5cccc(-c6ccccc6)c5)ccc43)cc21. The lowest BCUT2D eigenvalue weighted by atomic mass is 9.82. The standard InChI is InChI=1S/C50H35N3/c1-50(2)44-17-8-6-15-38(44)39-22-21-37(30-45(39)50)52-46-18-9-7-16-40(46)42-28-34(19-23-47(42)52)35-20-24-48-43(29-35)41-25-26-51-31-49(41)53(48)36-14-10-13-33(27-36)32-11-4-3-5-12-32/h3-31H,1-2H3. The second-order valence-corrected chi connectivity index (χ2v) is 14.9. The van der Waals surface area contributed by atoms with Gasteiger partial charge in [-0.2, -0.15) is 0 Å². The van der Waals surface area contributed by atoms with Crippen LogP contribution in [-0.2, 0) is 5.41 Å². The van der Waals surface area contributed by atoms with Gasteiger partial charge in [-0.25, -0.2) is 0 Å². The number of para-hydroxylation sites is 1. The first-order chi connectivity index (χ1) is 26.0. The molecular weight excluding hydrogens is 643 g/mol. The Hall–Kier alpha value is -6.71. The predicted octanol–water partition coefficient (Wildman–Crippen LogP) is 12.9. The van der Waals surface area contributed by atoms with E-state index in [1.54, 1.807) is 0 Å². The highest BCUT2D eigenvalue weighted by Gasteiger charge is 2.35. The maximum atomic E-state index is 4.56. The zero-order valence-corrected chi connectivity index (χ0v) is 29.6. The average Bonchev–Trinajstić information content (AvgIpc) is 3.81. The zero-order valence-electron chi connectivity index (χ0n) is 29.6. The molecule has 1 aliphatic carbocycles. The summed E-state index contributed by atoms with van der Waals surface area (Å²) in [6, 6.07) is 60.1. The Morgan fingerprint density at radius 1 is 0.396 bits per heavy atom. The zero-order chi connectivity index (χ0) is 35.3. The van der Waals surface area contributed by atoms with Crippen LogP contribution in [0.5, 0.6) is 0 Å². The first kappa shape index (κ1) is 30.0. The van der Waals surface area contributed by atoms with E-state index >= 15 is 0 Å². The van der Waals surface area contributed by atoms with Crippen LogP contribution in [0.25, 0.3) is 88.4 Å². The predicted molar refractivity (Wildman–Crippen MR) is 221 cm³/mol. The molecule has 53 heavy (non-hydrogen) atoms. The number of benzene rings is 7. The van der Waals surface area contributed by atoms with Crippen molar-refractivity contribution in [3.63, 3.8) is 0 Å². The van der Waals surface area contributed by atoms with Crippen LogP contribution in [0, 0.1) is 0 Å². The number of fused-ring (bicyclic) bond motifs is 9. The molecule has 0 bridgehead atoms. The van der Waals surface area contributed by atoms with E-state index in [0.29, 0.717) is 0 Å². The van der Waals surface area contributed by atoms with E-state index in [9.17, 15) is 0 Å². The van der Waals surface area contributed by atoms with Crippen molar-refractivity contribution in [2.75, 3.05) is 0 Å². The summed E-state index contributed by atoms with van der Waals surface area (Å²) in [6.07, 6.45) is 3.89. The maximum Gasteiger partial charge on any atom is 0.0724 e. The lowest BCUT2D eigenvalue weighted by Gasteiger charge is -2.22. The van der Waals surface area contributed by atoms with Crippen molar-refractivity contribution in [2.45, 2.75) is 19.3 Å². The van der Waals surface area contributed by atoms with Crippen molar-refractivity contribution >= 4 is 43.6 Å². The topological polar surface area (TPSA) is 22.8 Å². The van der Waals surface area contributed by atoms with Crippen molar-refractivity contribution in [2.24, 2.45) is 0 Å². The van der Waals surface area contributed by atoms with Crippen molar-refractivity contribution < 1.29 is 0 Å². The van der Waals surface area contributed by atoms with E-state index in [4.69, 9.17) is 0 Å². The normalized spacial score (nSPS) is 13.2. The molecule has 0 saturated heterocycles. The molecular formula is C50H35N3. The lowest BCUT2D eigenvalue weighted by Crippen LogP contribution is -2.15. The maximum absolute atomic E-state index is 4.56. The summed E-state index contributed by atoms with van der Waals surface area (Å²) in [5.74, 6) is 0. The number of pyridine rings is 1. The molecule has 1 aliphatic rings. The van der Waals surface area contributed by atoms with Gasteiger partial charge in [0.15, 0.2) is 0 Å². The summed E-state index contributed by atoms with van der Waals surface area (Å²) in [6.45, 7) is 4.71. The molecule has 0 unspecified atom stereocenters. The molecule has 10 aromatic rings. The van der Waals surface area contributed by atoms with Crippen LogP contribution in [0.3, 0.4) is 0 Å². The van der Waals surface area contributed by atoms with Gasteiger partial charge in [-0.05, 0) is 105 Å². The van der Waals surface area contributed by atoms with Crippen molar-refractivity contribution in [1.29, 1.82) is 0 Å². The third-order valence-electron chi connectivity index (χ3n) is 11.6. The fraction of sp³-hybridized carbons (Fsp3) is 0.0600. The van der Waals surface area contributed by atoms with Gasteiger partial charge >= 0.3 is 0 Å². The molecule has 11 rings (SSSR count). The Morgan fingerprint density at radius 2 is 1.00 bits per heavy atom. The number of hydrogen-bond acceptors (Lipinski definition) is 1. The van der Waals surface area contributed by atoms with E-state index in [0.717, 1.165) is 11.2 Å². The number of nitrogens with zero attached hydrogens (tertiary/aromatic N) is 3. The van der Waals surface area contributed by atoms with Crippen LogP contribution in [-0.4, -0.2) is 14.1 Å². The van der Waals surface area contributed by atoms with Gasteiger partial charge in [-0.15, -0.1) is 0 Å². The summed E-state index contributed by atoms with van der Waals surface area (Å²) < 4.78 is 4.79. The summed E-state index contributed by atoms with van der Waals surface area (Å²) in [7, 11) is 0. The minimum atomic E-state index is -0.0591. The van der Waals surface area contributed by atoms with Crippen LogP contribution in [0.15, 0.2) is 176 Å². The van der Waals surface area contributed by atoms with Gasteiger partial charge in [0, 0.05) is 44.5 Å².